The van der Waals surface area contributed by atoms with Crippen LogP contribution >= 0.6 is 0 Å². The lowest BCUT2D eigenvalue weighted by molar-refractivity contribution is -0.137. The number of halogens is 4. The summed E-state index contributed by atoms with van der Waals surface area (Å²) in [6.07, 6.45) is -4.08. The van der Waals surface area contributed by atoms with Gasteiger partial charge in [0.25, 0.3) is 0 Å². The van der Waals surface area contributed by atoms with Gasteiger partial charge in [0.2, 0.25) is 5.88 Å². The van der Waals surface area contributed by atoms with Crippen molar-refractivity contribution >= 4 is 28.6 Å². The predicted molar refractivity (Wildman–Crippen MR) is 234 cm³/mol. The van der Waals surface area contributed by atoms with Crippen LogP contribution in [-0.4, -0.2) is 99.3 Å². The number of amides is 1. The minimum Gasteiger partial charge on any atom is -0.497 e. The third-order valence-corrected chi connectivity index (χ3v) is 13.8. The number of hydrogen-bond acceptors (Lipinski definition) is 13. The number of aliphatic hydroxyl groups excluding tert-OH is 1. The standard InChI is InChI=1S/C48H51F4N7O7/c1-25-36(48(50,51)52)32(19-34(53-25)57(20-27-8-12-30(62-6)13-9-27)21-28-10-14-31(63-7)15-11-28)38-37(49)39-35-41(56-43(55-39)64-24-46(23-60)16-17-46)58-22-29-18-33-40(59(29)44(61)66-45(3,4)5)47(33,58)26(2)65-42(35)54-38/h8-15,19,26,29,33,40,60H,16-18,20-24H2,1-7H3/t26-,29+,33?,40-,47-/m0/s1. The fraction of sp³-hybridized carbons (Fsp3) is 0.479. The van der Waals surface area contributed by atoms with E-state index in [2.05, 4.69) is 15.0 Å². The highest BCUT2D eigenvalue weighted by atomic mass is 19.4. The largest absolute Gasteiger partial charge is 0.497 e. The second-order valence-corrected chi connectivity index (χ2v) is 19.2. The molecule has 5 aromatic rings. The van der Waals surface area contributed by atoms with Gasteiger partial charge in [-0.2, -0.15) is 23.1 Å². The molecule has 14 nitrogen and oxygen atoms in total. The molecule has 66 heavy (non-hydrogen) atoms. The molecular weight excluding hydrogens is 863 g/mol. The van der Waals surface area contributed by atoms with Crippen molar-refractivity contribution in [3.8, 4) is 34.6 Å². The monoisotopic (exact) mass is 913 g/mol. The number of rotatable bonds is 12. The third-order valence-electron chi connectivity index (χ3n) is 13.8. The number of carbonyl (C=O) groups is 1. The Balaban J connectivity index is 1.13. The number of ether oxygens (including phenoxy) is 5. The highest BCUT2D eigenvalue weighted by Gasteiger charge is 2.82. The zero-order valence-corrected chi connectivity index (χ0v) is 37.7. The van der Waals surface area contributed by atoms with Crippen molar-refractivity contribution in [1.82, 2.24) is 24.8 Å². The van der Waals surface area contributed by atoms with Gasteiger partial charge in [-0.1, -0.05) is 24.3 Å². The number of alkyl halides is 3. The highest BCUT2D eigenvalue weighted by molar-refractivity contribution is 5.98. The number of carbonyl (C=O) groups excluding carboxylic acids is 1. The van der Waals surface area contributed by atoms with E-state index in [9.17, 15) is 9.90 Å². The molecule has 1 spiro atoms. The molecule has 7 heterocycles. The number of hydrogen-bond donors (Lipinski definition) is 1. The molecule has 2 aliphatic carbocycles. The Morgan fingerprint density at radius 2 is 1.59 bits per heavy atom. The number of benzene rings is 2. The first-order valence-corrected chi connectivity index (χ1v) is 22.1. The molecule has 2 saturated carbocycles. The maximum absolute atomic E-state index is 17.8. The van der Waals surface area contributed by atoms with Crippen LogP contribution in [0.5, 0.6) is 23.4 Å². The van der Waals surface area contributed by atoms with Crippen LogP contribution < -0.4 is 28.7 Å². The van der Waals surface area contributed by atoms with Crippen molar-refractivity contribution in [3.63, 3.8) is 0 Å². The van der Waals surface area contributed by atoms with Crippen molar-refractivity contribution in [2.45, 2.75) is 102 Å². The summed E-state index contributed by atoms with van der Waals surface area (Å²) < 4.78 is 93.6. The second-order valence-electron chi connectivity index (χ2n) is 19.2. The molecule has 5 fully saturated rings. The smallest absolute Gasteiger partial charge is 0.418 e. The van der Waals surface area contributed by atoms with E-state index in [0.717, 1.165) is 11.1 Å². The molecular formula is C48H51F4N7O7. The number of anilines is 2. The molecule has 4 bridgehead atoms. The SMILES string of the molecule is COc1ccc(CN(Cc2ccc(OC)cc2)c2cc(-c3nc4c5c(nc(OCC6(CO)CC6)nc5c3F)N3C[C@H]5CC6[C@H](N5C(=O)OC(C)(C)C)[C@]63[C@H](C)O4)c(C(F)(F)F)c(C)n2)cc1. The molecule has 1 amide bonds. The maximum Gasteiger partial charge on any atom is 0.418 e. The van der Waals surface area contributed by atoms with Gasteiger partial charge in [-0.25, -0.2) is 19.2 Å². The van der Waals surface area contributed by atoms with Crippen molar-refractivity contribution in [2.24, 2.45) is 11.3 Å². The minimum atomic E-state index is -4.99. The van der Waals surface area contributed by atoms with Crippen LogP contribution in [0.25, 0.3) is 22.2 Å². The first kappa shape index (κ1) is 43.7. The lowest BCUT2D eigenvalue weighted by atomic mass is 9.92. The molecule has 3 saturated heterocycles. The molecule has 3 aromatic heterocycles. The van der Waals surface area contributed by atoms with E-state index in [-0.39, 0.29) is 85.3 Å². The maximum atomic E-state index is 17.8. The zero-order valence-electron chi connectivity index (χ0n) is 37.7. The number of piperidine rings is 2. The van der Waals surface area contributed by atoms with E-state index < -0.39 is 63.3 Å². The highest BCUT2D eigenvalue weighted by Crippen LogP contribution is 2.68. The van der Waals surface area contributed by atoms with Gasteiger partial charge in [-0.15, -0.1) is 0 Å². The number of aromatic nitrogens is 4. The van der Waals surface area contributed by atoms with Gasteiger partial charge in [0.05, 0.1) is 50.8 Å². The molecule has 11 rings (SSSR count). The van der Waals surface area contributed by atoms with Gasteiger partial charge in [-0.3, -0.25) is 4.90 Å². The molecule has 348 valence electrons. The molecule has 1 N–H and O–H groups in total. The lowest BCUT2D eigenvalue weighted by Gasteiger charge is -2.48. The summed E-state index contributed by atoms with van der Waals surface area (Å²) in [5.74, 6) is 0.265. The Kier molecular flexibility index (Phi) is 10.2. The molecule has 6 aliphatic rings. The van der Waals surface area contributed by atoms with E-state index in [0.29, 0.717) is 30.8 Å². The Labute approximate surface area is 378 Å². The summed E-state index contributed by atoms with van der Waals surface area (Å²) in [6.45, 7) is 9.11. The molecule has 4 aliphatic heterocycles. The van der Waals surface area contributed by atoms with Crippen LogP contribution in [0.4, 0.5) is 34.0 Å². The third kappa shape index (κ3) is 7.22. The van der Waals surface area contributed by atoms with Crippen LogP contribution in [-0.2, 0) is 24.0 Å². The summed E-state index contributed by atoms with van der Waals surface area (Å²) >= 11 is 0. The average Bonchev–Trinajstić information content (AvgIpc) is 4.18. The Morgan fingerprint density at radius 1 is 0.955 bits per heavy atom. The Morgan fingerprint density at radius 3 is 2.15 bits per heavy atom. The van der Waals surface area contributed by atoms with E-state index in [1.807, 2.05) is 36.1 Å². The lowest BCUT2D eigenvalue weighted by Crippen LogP contribution is -2.65. The normalized spacial score (nSPS) is 23.2. The summed E-state index contributed by atoms with van der Waals surface area (Å²) in [5, 5.41) is 10.2. The van der Waals surface area contributed by atoms with Gasteiger partial charge in [0.15, 0.2) is 5.82 Å². The van der Waals surface area contributed by atoms with Crippen LogP contribution in [0.2, 0.25) is 0 Å². The van der Waals surface area contributed by atoms with Crippen molar-refractivity contribution in [1.29, 1.82) is 0 Å². The molecule has 1 unspecified atom stereocenters. The quantitative estimate of drug-likeness (QED) is 0.120. The van der Waals surface area contributed by atoms with E-state index >= 15 is 17.6 Å². The molecule has 2 aromatic carbocycles. The fourth-order valence-corrected chi connectivity index (χ4v) is 10.4. The number of piperazine rings is 1. The van der Waals surface area contributed by atoms with Crippen LogP contribution in [0.15, 0.2) is 54.6 Å². The van der Waals surface area contributed by atoms with Gasteiger partial charge < -0.3 is 38.6 Å². The number of nitrogens with zero attached hydrogens (tertiary/aromatic N) is 7. The zero-order chi connectivity index (χ0) is 46.7. The van der Waals surface area contributed by atoms with Gasteiger partial charge in [0.1, 0.15) is 57.0 Å². The van der Waals surface area contributed by atoms with Gasteiger partial charge >= 0.3 is 18.3 Å². The summed E-state index contributed by atoms with van der Waals surface area (Å²) in [5.41, 5.74) is -3.60. The van der Waals surface area contributed by atoms with Crippen LogP contribution in [0.3, 0.4) is 0 Å². The summed E-state index contributed by atoms with van der Waals surface area (Å²) in [7, 11) is 3.11. The van der Waals surface area contributed by atoms with Crippen molar-refractivity contribution < 1.29 is 51.1 Å². The first-order chi connectivity index (χ1) is 31.4. The van der Waals surface area contributed by atoms with Gasteiger partial charge in [0, 0.05) is 36.5 Å². The Hall–Kier alpha value is -6.17. The van der Waals surface area contributed by atoms with E-state index in [1.54, 1.807) is 69.1 Å². The number of aryl methyl sites for hydroxylation is 1. The fourth-order valence-electron chi connectivity index (χ4n) is 10.4. The topological polar surface area (TPSA) is 145 Å². The Bertz CT molecular complexity index is 2680. The predicted octanol–water partition coefficient (Wildman–Crippen LogP) is 8.28. The average molecular weight is 914 g/mol. The number of methoxy groups -OCH3 is 2. The van der Waals surface area contributed by atoms with Crippen molar-refractivity contribution in [2.75, 3.05) is 43.8 Å². The second kappa shape index (κ2) is 15.5. The van der Waals surface area contributed by atoms with E-state index in [4.69, 9.17) is 28.7 Å². The molecule has 18 heteroatoms. The summed E-state index contributed by atoms with van der Waals surface area (Å²) in [4.78, 5) is 38.0. The summed E-state index contributed by atoms with van der Waals surface area (Å²) in [6, 6.07) is 14.9. The van der Waals surface area contributed by atoms with E-state index in [1.165, 1.54) is 13.0 Å². The van der Waals surface area contributed by atoms with Crippen molar-refractivity contribution in [3.05, 3.63) is 82.8 Å². The molecule has 0 radical (unpaired) electrons. The molecule has 5 atom stereocenters. The van der Waals surface area contributed by atoms with Crippen LogP contribution in [0, 0.1) is 24.1 Å². The number of aliphatic hydroxyl groups is 1. The minimum absolute atomic E-state index is 0.0442. The van der Waals surface area contributed by atoms with Crippen LogP contribution in [0.1, 0.15) is 69.3 Å². The first-order valence-electron chi connectivity index (χ1n) is 22.1. The van der Waals surface area contributed by atoms with Gasteiger partial charge in [-0.05, 0) is 95.3 Å². The number of pyridine rings is 2.